The van der Waals surface area contributed by atoms with E-state index in [4.69, 9.17) is 12.2 Å². The smallest absolute Gasteiger partial charge is 0.321 e. The van der Waals surface area contributed by atoms with Gasteiger partial charge < -0.3 is 15.2 Å². The van der Waals surface area contributed by atoms with Crippen LogP contribution in [0, 0.1) is 15.8 Å². The van der Waals surface area contributed by atoms with Crippen molar-refractivity contribution in [3.05, 3.63) is 38.7 Å². The number of amides is 2. The van der Waals surface area contributed by atoms with Gasteiger partial charge in [0.1, 0.15) is 10.7 Å². The van der Waals surface area contributed by atoms with Crippen LogP contribution in [0.5, 0.6) is 0 Å². The molecule has 0 spiro atoms. The van der Waals surface area contributed by atoms with E-state index in [9.17, 15) is 22.8 Å². The van der Waals surface area contributed by atoms with Gasteiger partial charge in [-0.3, -0.25) is 9.59 Å². The summed E-state index contributed by atoms with van der Waals surface area (Å²) in [5.41, 5.74) is -0.830. The minimum Gasteiger partial charge on any atom is -0.321 e. The van der Waals surface area contributed by atoms with Gasteiger partial charge in [-0.1, -0.05) is 24.3 Å². The number of alkyl halides is 3. The standard InChI is InChI=1S/C19H18F3N3O2S2/c1-9-5-6-13-12(7-9)16(26)24-15-14(29-18(28)25(13)15)17(27)23-11-4-2-3-10(8-11)19(20,21)22/h2-4,8-9,12-13H,5-7H2,1H3,(H,23,27)(H,24,26). The number of carbonyl (C=O) groups excluding carboxylic acids is 2. The number of nitrogens with zero attached hydrogens (tertiary/aromatic N) is 1. The molecule has 10 heteroatoms. The third-order valence-electron chi connectivity index (χ3n) is 5.48. The number of rotatable bonds is 2. The van der Waals surface area contributed by atoms with E-state index < -0.39 is 17.6 Å². The molecule has 1 aromatic carbocycles. The molecule has 154 valence electrons. The Hall–Kier alpha value is -2.20. The third kappa shape index (κ3) is 3.71. The molecular formula is C19H18F3N3O2S2. The Kier molecular flexibility index (Phi) is 5.02. The van der Waals surface area contributed by atoms with Gasteiger partial charge in [-0.25, -0.2) is 0 Å². The summed E-state index contributed by atoms with van der Waals surface area (Å²) in [5, 5.41) is 5.29. The normalized spacial score (nSPS) is 23.7. The number of carbonyl (C=O) groups is 2. The van der Waals surface area contributed by atoms with Gasteiger partial charge in [0, 0.05) is 11.7 Å². The molecule has 1 aliphatic heterocycles. The molecule has 29 heavy (non-hydrogen) atoms. The molecule has 0 saturated heterocycles. The highest BCUT2D eigenvalue weighted by molar-refractivity contribution is 7.73. The van der Waals surface area contributed by atoms with Gasteiger partial charge in [-0.05, 0) is 55.6 Å². The number of hydrogen-bond acceptors (Lipinski definition) is 4. The van der Waals surface area contributed by atoms with Crippen LogP contribution in [0.1, 0.15) is 47.5 Å². The summed E-state index contributed by atoms with van der Waals surface area (Å²) in [6.45, 7) is 2.11. The molecule has 1 aromatic heterocycles. The Balaban J connectivity index is 1.65. The van der Waals surface area contributed by atoms with Crippen LogP contribution in [0.4, 0.5) is 24.7 Å². The average Bonchev–Trinajstić information content (AvgIpc) is 2.98. The van der Waals surface area contributed by atoms with E-state index in [2.05, 4.69) is 17.6 Å². The monoisotopic (exact) mass is 441 g/mol. The maximum Gasteiger partial charge on any atom is 0.416 e. The molecule has 1 saturated carbocycles. The molecule has 0 bridgehead atoms. The number of halogens is 3. The zero-order chi connectivity index (χ0) is 20.9. The van der Waals surface area contributed by atoms with Crippen molar-refractivity contribution in [3.63, 3.8) is 0 Å². The summed E-state index contributed by atoms with van der Waals surface area (Å²) < 4.78 is 41.0. The van der Waals surface area contributed by atoms with Crippen LogP contribution < -0.4 is 10.6 Å². The van der Waals surface area contributed by atoms with Crippen LogP contribution in [-0.2, 0) is 11.0 Å². The van der Waals surface area contributed by atoms with E-state index in [0.29, 0.717) is 15.7 Å². The van der Waals surface area contributed by atoms with Crippen molar-refractivity contribution in [1.82, 2.24) is 4.57 Å². The highest BCUT2D eigenvalue weighted by Crippen LogP contribution is 2.45. The van der Waals surface area contributed by atoms with Crippen LogP contribution in [-0.4, -0.2) is 16.4 Å². The quantitative estimate of drug-likeness (QED) is 0.607. The Morgan fingerprint density at radius 3 is 2.83 bits per heavy atom. The van der Waals surface area contributed by atoms with Crippen molar-refractivity contribution in [2.24, 2.45) is 11.8 Å². The summed E-state index contributed by atoms with van der Waals surface area (Å²) in [6, 6.07) is 4.33. The average molecular weight is 442 g/mol. The van der Waals surface area contributed by atoms with E-state index in [-0.39, 0.29) is 28.4 Å². The molecule has 2 N–H and O–H groups in total. The Morgan fingerprint density at radius 1 is 1.34 bits per heavy atom. The fourth-order valence-corrected chi connectivity index (χ4v) is 5.45. The zero-order valence-corrected chi connectivity index (χ0v) is 17.0. The molecule has 2 aliphatic rings. The maximum absolute atomic E-state index is 12.9. The van der Waals surface area contributed by atoms with Gasteiger partial charge in [0.25, 0.3) is 5.91 Å². The molecule has 2 amide bonds. The number of nitrogens with one attached hydrogen (secondary N) is 2. The second kappa shape index (κ2) is 7.24. The molecule has 2 aromatic rings. The molecule has 3 unspecified atom stereocenters. The number of hydrogen-bond donors (Lipinski definition) is 2. The fraction of sp³-hybridized carbons (Fsp3) is 0.421. The molecule has 0 radical (unpaired) electrons. The fourth-order valence-electron chi connectivity index (χ4n) is 4.08. The molecular weight excluding hydrogens is 423 g/mol. The molecule has 1 aliphatic carbocycles. The summed E-state index contributed by atoms with van der Waals surface area (Å²) in [7, 11) is 0. The lowest BCUT2D eigenvalue weighted by Crippen LogP contribution is -2.41. The highest BCUT2D eigenvalue weighted by atomic mass is 32.1. The zero-order valence-electron chi connectivity index (χ0n) is 15.4. The lowest BCUT2D eigenvalue weighted by Gasteiger charge is -2.39. The van der Waals surface area contributed by atoms with Gasteiger partial charge in [0.05, 0.1) is 11.5 Å². The van der Waals surface area contributed by atoms with E-state index in [1.807, 2.05) is 4.57 Å². The van der Waals surface area contributed by atoms with E-state index in [1.165, 1.54) is 12.1 Å². The minimum atomic E-state index is -4.51. The van der Waals surface area contributed by atoms with Gasteiger partial charge in [0.15, 0.2) is 3.95 Å². The highest BCUT2D eigenvalue weighted by Gasteiger charge is 2.41. The van der Waals surface area contributed by atoms with E-state index >= 15 is 0 Å². The molecule has 4 rings (SSSR count). The Labute approximate surface area is 173 Å². The largest absolute Gasteiger partial charge is 0.416 e. The van der Waals surface area contributed by atoms with Gasteiger partial charge >= 0.3 is 6.18 Å². The predicted octanol–water partition coefficient (Wildman–Crippen LogP) is 5.48. The van der Waals surface area contributed by atoms with E-state index in [1.54, 1.807) is 0 Å². The first-order chi connectivity index (χ1) is 13.6. The first-order valence-corrected chi connectivity index (χ1v) is 10.4. The van der Waals surface area contributed by atoms with Crippen molar-refractivity contribution in [1.29, 1.82) is 0 Å². The van der Waals surface area contributed by atoms with Crippen molar-refractivity contribution in [2.75, 3.05) is 10.6 Å². The Bertz CT molecular complexity index is 1040. The number of anilines is 2. The first-order valence-electron chi connectivity index (χ1n) is 9.20. The topological polar surface area (TPSA) is 63.1 Å². The molecule has 2 heterocycles. The van der Waals surface area contributed by atoms with Crippen molar-refractivity contribution in [3.8, 4) is 0 Å². The summed E-state index contributed by atoms with van der Waals surface area (Å²) in [4.78, 5) is 25.6. The molecule has 1 fully saturated rings. The van der Waals surface area contributed by atoms with Crippen LogP contribution in [0.2, 0.25) is 0 Å². The van der Waals surface area contributed by atoms with Crippen molar-refractivity contribution >= 4 is 46.9 Å². The molecule has 3 atom stereocenters. The van der Waals surface area contributed by atoms with Crippen molar-refractivity contribution < 1.29 is 22.8 Å². The summed E-state index contributed by atoms with van der Waals surface area (Å²) in [6.07, 6.45) is -1.98. The lowest BCUT2D eigenvalue weighted by atomic mass is 9.77. The predicted molar refractivity (Wildman–Crippen MR) is 107 cm³/mol. The Morgan fingerprint density at radius 2 is 2.10 bits per heavy atom. The van der Waals surface area contributed by atoms with Crippen LogP contribution in [0.3, 0.4) is 0 Å². The third-order valence-corrected chi connectivity index (χ3v) is 6.88. The minimum absolute atomic E-state index is 0.0226. The number of fused-ring (bicyclic) bond motifs is 3. The number of aromatic nitrogens is 1. The van der Waals surface area contributed by atoms with E-state index in [0.717, 1.165) is 42.7 Å². The summed E-state index contributed by atoms with van der Waals surface area (Å²) in [5.74, 6) is -0.142. The SMILES string of the molecule is CC1CCC2C(C1)C(=O)Nc1c(C(=O)Nc3cccc(C(F)(F)F)c3)sc(=S)n12. The lowest BCUT2D eigenvalue weighted by molar-refractivity contribution is -0.137. The number of benzene rings is 1. The van der Waals surface area contributed by atoms with Crippen LogP contribution in [0.25, 0.3) is 0 Å². The van der Waals surface area contributed by atoms with Crippen molar-refractivity contribution in [2.45, 2.75) is 38.4 Å². The molecule has 5 nitrogen and oxygen atoms in total. The number of thiazole rings is 1. The second-order valence-electron chi connectivity index (χ2n) is 7.53. The summed E-state index contributed by atoms with van der Waals surface area (Å²) >= 11 is 6.51. The van der Waals surface area contributed by atoms with Gasteiger partial charge in [-0.2, -0.15) is 13.2 Å². The van der Waals surface area contributed by atoms with Crippen LogP contribution >= 0.6 is 23.6 Å². The second-order valence-corrected chi connectivity index (χ2v) is 9.17. The maximum atomic E-state index is 12.9. The first kappa shape index (κ1) is 20.1. The van der Waals surface area contributed by atoms with Crippen LogP contribution in [0.15, 0.2) is 24.3 Å². The van der Waals surface area contributed by atoms with Gasteiger partial charge in [-0.15, -0.1) is 0 Å². The van der Waals surface area contributed by atoms with Gasteiger partial charge in [0.2, 0.25) is 5.91 Å².